The lowest BCUT2D eigenvalue weighted by Gasteiger charge is -2.30. The van der Waals surface area contributed by atoms with Crippen molar-refractivity contribution < 1.29 is 14.0 Å². The summed E-state index contributed by atoms with van der Waals surface area (Å²) in [5.74, 6) is 0.909. The minimum atomic E-state index is -1.60. The van der Waals surface area contributed by atoms with Crippen molar-refractivity contribution in [3.8, 4) is 0 Å². The van der Waals surface area contributed by atoms with E-state index in [1.165, 1.54) is 0 Å². The molecule has 0 aliphatic carbocycles. The monoisotopic (exact) mass is 271 g/mol. The second kappa shape index (κ2) is 5.34. The summed E-state index contributed by atoms with van der Waals surface area (Å²) in [6.45, 7) is 12.7. The van der Waals surface area contributed by atoms with E-state index < -0.39 is 13.9 Å². The molecule has 1 heterocycles. The van der Waals surface area contributed by atoms with Crippen molar-refractivity contribution in [2.24, 2.45) is 0 Å². The number of hydrogen-bond donors (Lipinski definition) is 0. The molecule has 4 nitrogen and oxygen atoms in total. The Morgan fingerprint density at radius 1 is 1.33 bits per heavy atom. The van der Waals surface area contributed by atoms with Crippen LogP contribution in [0.5, 0.6) is 0 Å². The highest BCUT2D eigenvalue weighted by atomic mass is 28.4. The van der Waals surface area contributed by atoms with Gasteiger partial charge in [-0.2, -0.15) is 0 Å². The molecule has 104 valence electrons. The van der Waals surface area contributed by atoms with Crippen LogP contribution in [0.4, 0.5) is 4.79 Å². The van der Waals surface area contributed by atoms with E-state index in [1.54, 1.807) is 11.1 Å². The smallest absolute Gasteiger partial charge is 0.414 e. The average molecular weight is 271 g/mol. The van der Waals surface area contributed by atoms with Crippen LogP contribution in [0.3, 0.4) is 0 Å². The van der Waals surface area contributed by atoms with Gasteiger partial charge in [0.2, 0.25) is 8.32 Å². The molecular weight excluding hydrogens is 246 g/mol. The Bertz CT molecular complexity index is 339. The fourth-order valence-corrected chi connectivity index (χ4v) is 2.60. The summed E-state index contributed by atoms with van der Waals surface area (Å²) < 4.78 is 11.3. The Kier molecular flexibility index (Phi) is 4.48. The van der Waals surface area contributed by atoms with Crippen LogP contribution in [0, 0.1) is 0 Å². The van der Waals surface area contributed by atoms with E-state index in [2.05, 4.69) is 19.6 Å². The van der Waals surface area contributed by atoms with Gasteiger partial charge in [0.25, 0.3) is 0 Å². The summed E-state index contributed by atoms with van der Waals surface area (Å²) in [6.07, 6.45) is 3.34. The van der Waals surface area contributed by atoms with Gasteiger partial charge in [0.15, 0.2) is 0 Å². The molecule has 0 bridgehead atoms. The van der Waals surface area contributed by atoms with Crippen LogP contribution < -0.4 is 0 Å². The van der Waals surface area contributed by atoms with Gasteiger partial charge in [-0.05, 0) is 46.8 Å². The van der Waals surface area contributed by atoms with E-state index in [0.717, 1.165) is 18.6 Å². The first-order valence-corrected chi connectivity index (χ1v) is 9.87. The summed E-state index contributed by atoms with van der Waals surface area (Å²) in [5.41, 5.74) is -0.456. The van der Waals surface area contributed by atoms with Crippen LogP contribution in [0.15, 0.2) is 12.0 Å². The van der Waals surface area contributed by atoms with Crippen LogP contribution in [0.25, 0.3) is 0 Å². The molecular formula is C13H25NO3Si. The predicted molar refractivity (Wildman–Crippen MR) is 74.7 cm³/mol. The average Bonchev–Trinajstić information content (AvgIpc) is 2.12. The molecule has 0 unspecified atom stereocenters. The molecule has 1 rings (SSSR count). The van der Waals surface area contributed by atoms with E-state index in [9.17, 15) is 4.79 Å². The molecule has 0 aromatic carbocycles. The van der Waals surface area contributed by atoms with Crippen molar-refractivity contribution in [1.29, 1.82) is 0 Å². The minimum absolute atomic E-state index is 0.293. The highest BCUT2D eigenvalue weighted by molar-refractivity contribution is 6.70. The summed E-state index contributed by atoms with van der Waals surface area (Å²) in [6, 6.07) is 0. The Hall–Kier alpha value is -0.973. The third-order valence-corrected chi connectivity index (χ3v) is 3.06. The number of hydrogen-bond acceptors (Lipinski definition) is 3. The van der Waals surface area contributed by atoms with Gasteiger partial charge in [0, 0.05) is 19.2 Å². The van der Waals surface area contributed by atoms with Gasteiger partial charge in [-0.25, -0.2) is 4.79 Å². The molecule has 1 aliphatic rings. The standard InChI is InChI=1S/C13H25NO3Si/c1-13(2,3)16-12(15)14-9-7-8-11(10-14)17-18(4,5)6/h10H,7-9H2,1-6H3. The number of carbonyl (C=O) groups excluding carboxylic acids is 1. The molecule has 5 heteroatoms. The molecule has 0 fully saturated rings. The summed E-state index contributed by atoms with van der Waals surface area (Å²) in [5, 5.41) is 0. The van der Waals surface area contributed by atoms with Crippen molar-refractivity contribution >= 4 is 14.4 Å². The van der Waals surface area contributed by atoms with Crippen LogP contribution in [0.1, 0.15) is 33.6 Å². The van der Waals surface area contributed by atoms with E-state index in [-0.39, 0.29) is 6.09 Å². The number of carbonyl (C=O) groups is 1. The van der Waals surface area contributed by atoms with Gasteiger partial charge < -0.3 is 9.16 Å². The topological polar surface area (TPSA) is 38.8 Å². The maximum absolute atomic E-state index is 11.9. The first kappa shape index (κ1) is 15.1. The van der Waals surface area contributed by atoms with Gasteiger partial charge in [0.05, 0.1) is 5.76 Å². The van der Waals surface area contributed by atoms with E-state index in [0.29, 0.717) is 6.54 Å². The quantitative estimate of drug-likeness (QED) is 0.719. The molecule has 0 saturated heterocycles. The van der Waals surface area contributed by atoms with Gasteiger partial charge in [-0.3, -0.25) is 4.90 Å². The molecule has 0 aromatic heterocycles. The lowest BCUT2D eigenvalue weighted by atomic mass is 10.2. The van der Waals surface area contributed by atoms with Crippen LogP contribution >= 0.6 is 0 Å². The molecule has 0 spiro atoms. The molecule has 18 heavy (non-hydrogen) atoms. The minimum Gasteiger partial charge on any atom is -0.546 e. The zero-order valence-electron chi connectivity index (χ0n) is 12.4. The van der Waals surface area contributed by atoms with Crippen LogP contribution in [0.2, 0.25) is 19.6 Å². The highest BCUT2D eigenvalue weighted by Gasteiger charge is 2.25. The Morgan fingerprint density at radius 3 is 2.44 bits per heavy atom. The fourth-order valence-electron chi connectivity index (χ4n) is 1.66. The van der Waals surface area contributed by atoms with Gasteiger partial charge >= 0.3 is 6.09 Å². The molecule has 1 aliphatic heterocycles. The second-order valence-corrected chi connectivity index (χ2v) is 11.0. The predicted octanol–water partition coefficient (Wildman–Crippen LogP) is 3.71. The number of amides is 1. The van der Waals surface area contributed by atoms with Crippen LogP contribution in [-0.4, -0.2) is 31.5 Å². The summed E-state index contributed by atoms with van der Waals surface area (Å²) in [7, 11) is -1.60. The highest BCUT2D eigenvalue weighted by Crippen LogP contribution is 2.21. The first-order chi connectivity index (χ1) is 8.07. The number of nitrogens with zero attached hydrogens (tertiary/aromatic N) is 1. The van der Waals surface area contributed by atoms with Gasteiger partial charge in [-0.15, -0.1) is 0 Å². The molecule has 0 saturated carbocycles. The molecule has 1 amide bonds. The molecule has 0 radical (unpaired) electrons. The van der Waals surface area contributed by atoms with Gasteiger partial charge in [-0.1, -0.05) is 0 Å². The summed E-state index contributed by atoms with van der Waals surface area (Å²) in [4.78, 5) is 13.6. The third-order valence-electron chi connectivity index (χ3n) is 2.19. The van der Waals surface area contributed by atoms with Crippen molar-refractivity contribution in [2.45, 2.75) is 58.9 Å². The Labute approximate surface area is 111 Å². The van der Waals surface area contributed by atoms with E-state index in [1.807, 2.05) is 20.8 Å². The first-order valence-electron chi connectivity index (χ1n) is 6.46. The summed E-state index contributed by atoms with van der Waals surface area (Å²) >= 11 is 0. The molecule has 0 N–H and O–H groups in total. The maximum Gasteiger partial charge on any atom is 0.414 e. The third kappa shape index (κ3) is 5.58. The maximum atomic E-state index is 11.9. The normalized spacial score (nSPS) is 17.2. The zero-order valence-corrected chi connectivity index (χ0v) is 13.4. The second-order valence-electron chi connectivity index (χ2n) is 6.59. The van der Waals surface area contributed by atoms with Gasteiger partial charge in [0.1, 0.15) is 5.60 Å². The van der Waals surface area contributed by atoms with Crippen molar-refractivity contribution in [3.05, 3.63) is 12.0 Å². The molecule has 0 atom stereocenters. The van der Waals surface area contributed by atoms with E-state index >= 15 is 0 Å². The van der Waals surface area contributed by atoms with E-state index in [4.69, 9.17) is 9.16 Å². The number of ether oxygens (including phenoxy) is 1. The van der Waals surface area contributed by atoms with Crippen molar-refractivity contribution in [3.63, 3.8) is 0 Å². The van der Waals surface area contributed by atoms with Crippen LogP contribution in [-0.2, 0) is 9.16 Å². The Balaban J connectivity index is 2.67. The fraction of sp³-hybridized carbons (Fsp3) is 0.769. The SMILES string of the molecule is CC(C)(C)OC(=O)N1C=C(O[Si](C)(C)C)CCC1. The zero-order chi connectivity index (χ0) is 14.0. The lowest BCUT2D eigenvalue weighted by Crippen LogP contribution is -2.37. The molecule has 0 aromatic rings. The largest absolute Gasteiger partial charge is 0.546 e. The number of rotatable bonds is 2. The number of allylic oxidation sites excluding steroid dienone is 1. The lowest BCUT2D eigenvalue weighted by molar-refractivity contribution is 0.0315. The Morgan fingerprint density at radius 2 is 1.94 bits per heavy atom. The van der Waals surface area contributed by atoms with Crippen molar-refractivity contribution in [2.75, 3.05) is 6.54 Å². The van der Waals surface area contributed by atoms with Crippen molar-refractivity contribution in [1.82, 2.24) is 4.90 Å².